The number of ether oxygens (including phenoxy) is 4. The van der Waals surface area contributed by atoms with E-state index in [0.29, 0.717) is 33.9 Å². The van der Waals surface area contributed by atoms with E-state index in [1.54, 1.807) is 49.6 Å². The first-order valence-electron chi connectivity index (χ1n) is 15.7. The lowest BCUT2D eigenvalue weighted by Crippen LogP contribution is -2.47. The van der Waals surface area contributed by atoms with E-state index in [-0.39, 0.29) is 31.5 Å². The van der Waals surface area contributed by atoms with Gasteiger partial charge in [-0.1, -0.05) is 78.4 Å². The molecule has 244 valence electrons. The highest BCUT2D eigenvalue weighted by Crippen LogP contribution is 2.45. The summed E-state index contributed by atoms with van der Waals surface area (Å²) in [6.07, 6.45) is 0. The summed E-state index contributed by atoms with van der Waals surface area (Å²) in [4.78, 5) is 27.3. The maximum atomic E-state index is 14.3. The number of aryl methyl sites for hydroxylation is 1. The van der Waals surface area contributed by atoms with Gasteiger partial charge in [0.25, 0.3) is 0 Å². The second kappa shape index (κ2) is 13.7. The zero-order chi connectivity index (χ0) is 33.8. The van der Waals surface area contributed by atoms with Crippen molar-refractivity contribution in [1.29, 1.82) is 0 Å². The summed E-state index contributed by atoms with van der Waals surface area (Å²) in [7, 11) is 3.06. The summed E-state index contributed by atoms with van der Waals surface area (Å²) in [6, 6.07) is 33.7. The molecule has 1 aliphatic rings. The fourth-order valence-corrected chi connectivity index (χ4v) is 6.39. The van der Waals surface area contributed by atoms with E-state index in [0.717, 1.165) is 33.4 Å². The highest BCUT2D eigenvalue weighted by atomic mass is 16.5. The minimum absolute atomic E-state index is 0.0946. The standard InChI is InChI=1S/C40H38N2O6/c1-25-12-13-26(22-41)34(20-25)37(43)24-47-28-16-14-27(15-17-28)40(42,36-19-18-29(45-2)21-38(36)46-3)39(44)48-23-35-32-10-6-4-8-30(32)31-9-5-7-11-33(31)35/h4-21,35H,22-24,41-42H2,1-3H3. The minimum Gasteiger partial charge on any atom is -0.497 e. The Morgan fingerprint density at radius 1 is 0.771 bits per heavy atom. The van der Waals surface area contributed by atoms with Crippen LogP contribution in [0.15, 0.2) is 109 Å². The fraction of sp³-hybridized carbons (Fsp3) is 0.200. The smallest absolute Gasteiger partial charge is 0.335 e. The summed E-state index contributed by atoms with van der Waals surface area (Å²) in [5.41, 5.74) is 18.8. The molecule has 4 N–H and O–H groups in total. The molecule has 48 heavy (non-hydrogen) atoms. The third-order valence-electron chi connectivity index (χ3n) is 8.96. The largest absolute Gasteiger partial charge is 0.497 e. The van der Waals surface area contributed by atoms with E-state index < -0.39 is 11.5 Å². The Hall–Kier alpha value is -5.44. The number of nitrogens with two attached hydrogens (primary N) is 2. The third kappa shape index (κ3) is 6.03. The Labute approximate surface area is 280 Å². The van der Waals surface area contributed by atoms with E-state index >= 15 is 0 Å². The van der Waals surface area contributed by atoms with Gasteiger partial charge in [-0.05, 0) is 70.6 Å². The van der Waals surface area contributed by atoms with Gasteiger partial charge in [0, 0.05) is 29.7 Å². The van der Waals surface area contributed by atoms with Crippen LogP contribution in [0, 0.1) is 6.92 Å². The van der Waals surface area contributed by atoms with Gasteiger partial charge in [-0.15, -0.1) is 0 Å². The Morgan fingerprint density at radius 2 is 1.42 bits per heavy atom. The summed E-state index contributed by atoms with van der Waals surface area (Å²) in [6.45, 7) is 2.09. The molecule has 0 heterocycles. The molecule has 0 spiro atoms. The first kappa shape index (κ1) is 32.5. The zero-order valence-corrected chi connectivity index (χ0v) is 27.2. The molecule has 1 aliphatic carbocycles. The third-order valence-corrected chi connectivity index (χ3v) is 8.96. The summed E-state index contributed by atoms with van der Waals surface area (Å²) in [5.74, 6) is 0.370. The van der Waals surface area contributed by atoms with Crippen molar-refractivity contribution in [2.75, 3.05) is 27.4 Å². The van der Waals surface area contributed by atoms with E-state index in [9.17, 15) is 9.59 Å². The number of hydrogen-bond donors (Lipinski definition) is 2. The number of benzene rings is 5. The summed E-state index contributed by atoms with van der Waals surface area (Å²) in [5, 5.41) is 0. The Morgan fingerprint density at radius 3 is 2.04 bits per heavy atom. The van der Waals surface area contributed by atoms with E-state index in [1.165, 1.54) is 7.11 Å². The van der Waals surface area contributed by atoms with E-state index in [2.05, 4.69) is 24.3 Å². The van der Waals surface area contributed by atoms with Crippen molar-refractivity contribution in [1.82, 2.24) is 0 Å². The van der Waals surface area contributed by atoms with Gasteiger partial charge in [0.1, 0.15) is 23.9 Å². The van der Waals surface area contributed by atoms with Crippen LogP contribution in [0.2, 0.25) is 0 Å². The number of ketones is 1. The van der Waals surface area contributed by atoms with Crippen LogP contribution in [-0.4, -0.2) is 39.2 Å². The van der Waals surface area contributed by atoms with Gasteiger partial charge in [-0.25, -0.2) is 4.79 Å². The molecule has 6 rings (SSSR count). The maximum Gasteiger partial charge on any atom is 0.335 e. The van der Waals surface area contributed by atoms with Gasteiger partial charge in [0.05, 0.1) is 14.2 Å². The van der Waals surface area contributed by atoms with E-state index in [4.69, 9.17) is 30.4 Å². The molecule has 0 aliphatic heterocycles. The molecule has 0 radical (unpaired) electrons. The maximum absolute atomic E-state index is 14.3. The number of hydrogen-bond acceptors (Lipinski definition) is 8. The molecule has 5 aromatic rings. The lowest BCUT2D eigenvalue weighted by atomic mass is 9.83. The molecule has 0 bridgehead atoms. The van der Waals surface area contributed by atoms with Gasteiger partial charge in [0.15, 0.2) is 12.1 Å². The Balaban J connectivity index is 1.29. The molecule has 0 saturated carbocycles. The first-order valence-corrected chi connectivity index (χ1v) is 15.7. The zero-order valence-electron chi connectivity index (χ0n) is 27.2. The molecular formula is C40H38N2O6. The Kier molecular flexibility index (Phi) is 9.30. The van der Waals surface area contributed by atoms with Crippen LogP contribution in [-0.2, 0) is 21.6 Å². The normalized spacial score (nSPS) is 13.2. The molecule has 0 fully saturated rings. The number of esters is 1. The molecule has 8 heteroatoms. The predicted octanol–water partition coefficient (Wildman–Crippen LogP) is 6.29. The number of carbonyl (C=O) groups is 2. The monoisotopic (exact) mass is 642 g/mol. The number of rotatable bonds is 12. The van der Waals surface area contributed by atoms with Crippen molar-refractivity contribution in [2.45, 2.75) is 24.9 Å². The Bertz CT molecular complexity index is 1930. The molecule has 0 amide bonds. The molecule has 0 saturated heterocycles. The molecule has 1 atom stereocenters. The van der Waals surface area contributed by atoms with Gasteiger partial charge < -0.3 is 30.4 Å². The number of methoxy groups -OCH3 is 2. The van der Waals surface area contributed by atoms with Gasteiger partial charge in [0.2, 0.25) is 5.78 Å². The summed E-state index contributed by atoms with van der Waals surface area (Å²) >= 11 is 0. The van der Waals surface area contributed by atoms with Crippen LogP contribution in [0.1, 0.15) is 49.7 Å². The summed E-state index contributed by atoms with van der Waals surface area (Å²) < 4.78 is 23.1. The average Bonchev–Trinajstić information content (AvgIpc) is 3.45. The van der Waals surface area contributed by atoms with Crippen molar-refractivity contribution in [3.63, 3.8) is 0 Å². The van der Waals surface area contributed by atoms with Crippen molar-refractivity contribution >= 4 is 11.8 Å². The molecule has 5 aromatic carbocycles. The second-order valence-electron chi connectivity index (χ2n) is 11.8. The number of Topliss-reactive ketones (excluding diaryl/α,β-unsaturated/α-hetero) is 1. The topological polar surface area (TPSA) is 123 Å². The lowest BCUT2D eigenvalue weighted by molar-refractivity contribution is -0.149. The SMILES string of the molecule is COc1ccc(C(N)(C(=O)OCC2c3ccccc3-c3ccccc32)c2ccc(OCC(=O)c3cc(C)ccc3CN)cc2)c(OC)c1. The predicted molar refractivity (Wildman–Crippen MR) is 185 cm³/mol. The quantitative estimate of drug-likeness (QED) is 0.120. The molecule has 1 unspecified atom stereocenters. The van der Waals surface area contributed by atoms with Crippen LogP contribution < -0.4 is 25.7 Å². The van der Waals surface area contributed by atoms with Crippen molar-refractivity contribution < 1.29 is 28.5 Å². The molecule has 0 aromatic heterocycles. The van der Waals surface area contributed by atoms with Crippen LogP contribution in [0.3, 0.4) is 0 Å². The molecule has 8 nitrogen and oxygen atoms in total. The van der Waals surface area contributed by atoms with Crippen LogP contribution in [0.4, 0.5) is 0 Å². The van der Waals surface area contributed by atoms with Crippen molar-refractivity contribution in [3.8, 4) is 28.4 Å². The number of fused-ring (bicyclic) bond motifs is 3. The van der Waals surface area contributed by atoms with Gasteiger partial charge >= 0.3 is 5.97 Å². The van der Waals surface area contributed by atoms with Crippen LogP contribution in [0.5, 0.6) is 17.2 Å². The van der Waals surface area contributed by atoms with Crippen molar-refractivity contribution in [3.05, 3.63) is 148 Å². The molecular weight excluding hydrogens is 604 g/mol. The lowest BCUT2D eigenvalue weighted by Gasteiger charge is -2.30. The van der Waals surface area contributed by atoms with Crippen molar-refractivity contribution in [2.24, 2.45) is 11.5 Å². The average molecular weight is 643 g/mol. The first-order chi connectivity index (χ1) is 23.3. The van der Waals surface area contributed by atoms with Gasteiger partial charge in [-0.2, -0.15) is 0 Å². The number of carbonyl (C=O) groups excluding carboxylic acids is 2. The van der Waals surface area contributed by atoms with Crippen LogP contribution in [0.25, 0.3) is 11.1 Å². The van der Waals surface area contributed by atoms with E-state index in [1.807, 2.05) is 49.4 Å². The second-order valence-corrected chi connectivity index (χ2v) is 11.8. The minimum atomic E-state index is -1.76. The highest BCUT2D eigenvalue weighted by Gasteiger charge is 2.43. The van der Waals surface area contributed by atoms with Crippen LogP contribution >= 0.6 is 0 Å². The fourth-order valence-electron chi connectivity index (χ4n) is 6.39. The van der Waals surface area contributed by atoms with Gasteiger partial charge in [-0.3, -0.25) is 4.79 Å². The highest BCUT2D eigenvalue weighted by molar-refractivity contribution is 5.98.